The topological polar surface area (TPSA) is 35.0 Å². The number of hydrogen-bond acceptors (Lipinski definition) is 3. The summed E-state index contributed by atoms with van der Waals surface area (Å²) in [6.45, 7) is -3.25. The Balaban J connectivity index is 1.59. The molecule has 1 spiro atoms. The molecule has 3 aromatic carbocycles. The van der Waals surface area contributed by atoms with Gasteiger partial charge >= 0.3 is 199 Å². The van der Waals surface area contributed by atoms with Gasteiger partial charge in [0.05, 0.1) is 0 Å². The van der Waals surface area contributed by atoms with Gasteiger partial charge in [0, 0.05) is 0 Å². The molecule has 0 saturated carbocycles. The summed E-state index contributed by atoms with van der Waals surface area (Å²) >= 11 is 0. The van der Waals surface area contributed by atoms with Crippen molar-refractivity contribution in [3.63, 3.8) is 0 Å². The van der Waals surface area contributed by atoms with Crippen LogP contribution in [-0.4, -0.2) is 16.1 Å². The van der Waals surface area contributed by atoms with Gasteiger partial charge in [-0.3, -0.25) is 0 Å². The van der Waals surface area contributed by atoms with Crippen molar-refractivity contribution in [3.05, 3.63) is 139 Å². The van der Waals surface area contributed by atoms with Crippen molar-refractivity contribution < 1.29 is 4.52 Å². The maximum absolute atomic E-state index is 7.68. The van der Waals surface area contributed by atoms with Crippen molar-refractivity contribution >= 4 is 22.7 Å². The van der Waals surface area contributed by atoms with E-state index >= 15 is 0 Å². The van der Waals surface area contributed by atoms with Crippen molar-refractivity contribution in [3.8, 4) is 11.1 Å². The van der Waals surface area contributed by atoms with Crippen molar-refractivity contribution in [1.29, 1.82) is 0 Å². The van der Waals surface area contributed by atoms with E-state index in [1.165, 1.54) is 27.0 Å². The third-order valence-electron chi connectivity index (χ3n) is 7.46. The summed E-state index contributed by atoms with van der Waals surface area (Å²) in [5.74, 6) is 0. The first-order valence-corrected chi connectivity index (χ1v) is 13.9. The molecule has 0 N–H and O–H groups in total. The van der Waals surface area contributed by atoms with Crippen LogP contribution >= 0.6 is 6.83 Å². The van der Waals surface area contributed by atoms with E-state index in [4.69, 9.17) is 14.5 Å². The predicted molar refractivity (Wildman–Crippen MR) is 139 cm³/mol. The second kappa shape index (κ2) is 6.93. The van der Waals surface area contributed by atoms with Crippen LogP contribution in [0.3, 0.4) is 0 Å². The average molecular weight is 459 g/mol. The Labute approximate surface area is 199 Å². The molecule has 0 aliphatic carbocycles. The predicted octanol–water partition coefficient (Wildman–Crippen LogP) is 5.18. The van der Waals surface area contributed by atoms with Crippen molar-refractivity contribution in [1.82, 2.24) is 9.97 Å². The number of pyridine rings is 2. The first kappa shape index (κ1) is 19.8. The van der Waals surface area contributed by atoms with E-state index in [1.54, 1.807) is 0 Å². The van der Waals surface area contributed by atoms with E-state index in [1.807, 2.05) is 36.7 Å². The fourth-order valence-electron chi connectivity index (χ4n) is 6.14. The summed E-state index contributed by atoms with van der Waals surface area (Å²) in [5, 5.41) is 3.88. The molecule has 164 valence electrons. The van der Waals surface area contributed by atoms with Gasteiger partial charge in [-0.25, -0.2) is 0 Å². The molecule has 7 rings (SSSR count). The first-order valence-electron chi connectivity index (χ1n) is 11.6. The number of rotatable bonds is 3. The Kier molecular flexibility index (Phi) is 4.03. The zero-order valence-corrected chi connectivity index (χ0v) is 19.5. The second-order valence-electron chi connectivity index (χ2n) is 9.09. The molecule has 0 amide bonds. The summed E-state index contributed by atoms with van der Waals surface area (Å²) in [5.41, 5.74) is 3.63. The third-order valence-corrected chi connectivity index (χ3v) is 13.4. The van der Waals surface area contributed by atoms with Crippen LogP contribution in [0.2, 0.25) is 0 Å². The fraction of sp³-hybridized carbons (Fsp3) is 0.0667. The van der Waals surface area contributed by atoms with E-state index in [-0.39, 0.29) is 0 Å². The summed E-state index contributed by atoms with van der Waals surface area (Å²) in [4.78, 5) is 9.59. The molecular formula is C30H23N2OP. The Bertz CT molecular complexity index is 1420. The van der Waals surface area contributed by atoms with Gasteiger partial charge in [-0.15, -0.1) is 0 Å². The van der Waals surface area contributed by atoms with E-state index in [0.29, 0.717) is 0 Å². The second-order valence-corrected chi connectivity index (χ2v) is 13.5. The van der Waals surface area contributed by atoms with Crippen LogP contribution in [0.1, 0.15) is 11.4 Å². The Hall–Kier alpha value is -3.65. The molecule has 2 aromatic heterocycles. The third kappa shape index (κ3) is 2.28. The molecule has 4 heterocycles. The van der Waals surface area contributed by atoms with Gasteiger partial charge in [0.1, 0.15) is 0 Å². The molecule has 34 heavy (non-hydrogen) atoms. The SMILES string of the molecule is c1ccc(P23(CC(c4ccccn4)(c4ccccn4)O2)c2ccccc2-c2ccccc23)cc1. The molecule has 2 aliphatic heterocycles. The monoisotopic (exact) mass is 458 g/mol. The van der Waals surface area contributed by atoms with E-state index < -0.39 is 12.4 Å². The van der Waals surface area contributed by atoms with Crippen LogP contribution in [0.4, 0.5) is 0 Å². The number of benzene rings is 3. The molecule has 0 bridgehead atoms. The first-order chi connectivity index (χ1) is 16.8. The summed E-state index contributed by atoms with van der Waals surface area (Å²) in [7, 11) is 0. The zero-order valence-electron chi connectivity index (χ0n) is 18.6. The molecule has 0 unspecified atom stereocenters. The van der Waals surface area contributed by atoms with Crippen molar-refractivity contribution in [2.24, 2.45) is 0 Å². The van der Waals surface area contributed by atoms with Crippen LogP contribution in [0.5, 0.6) is 0 Å². The van der Waals surface area contributed by atoms with E-state index in [2.05, 4.69) is 91.0 Å². The van der Waals surface area contributed by atoms with Crippen LogP contribution in [0.25, 0.3) is 11.1 Å². The molecule has 0 radical (unpaired) electrons. The van der Waals surface area contributed by atoms with Crippen molar-refractivity contribution in [2.75, 3.05) is 6.16 Å². The van der Waals surface area contributed by atoms with Crippen LogP contribution in [-0.2, 0) is 10.1 Å². The van der Waals surface area contributed by atoms with Gasteiger partial charge in [0.2, 0.25) is 0 Å². The van der Waals surface area contributed by atoms with Crippen LogP contribution < -0.4 is 15.9 Å². The van der Waals surface area contributed by atoms with Gasteiger partial charge in [0.25, 0.3) is 0 Å². The van der Waals surface area contributed by atoms with Crippen LogP contribution in [0, 0.1) is 0 Å². The number of fused-ring (bicyclic) bond motifs is 5. The Morgan fingerprint density at radius 3 is 1.53 bits per heavy atom. The summed E-state index contributed by atoms with van der Waals surface area (Å²) < 4.78 is 7.68. The fourth-order valence-corrected chi connectivity index (χ4v) is 12.8. The number of nitrogens with zero attached hydrogens (tertiary/aromatic N) is 2. The normalized spacial score (nSPS) is 19.2. The molecule has 0 atom stereocenters. The molecule has 3 nitrogen and oxygen atoms in total. The standard InChI is InChI=1S/C30H23N2OP/c1-2-12-23(13-3-1)34(26-16-6-4-14-24(26)25-15-5-7-17-27(25)34)22-30(33-34,28-18-8-10-20-31-28)29-19-9-11-21-32-29/h1-21H,22H2. The summed E-state index contributed by atoms with van der Waals surface area (Å²) in [6.07, 6.45) is 4.49. The Morgan fingerprint density at radius 1 is 0.559 bits per heavy atom. The minimum atomic E-state index is -3.25. The van der Waals surface area contributed by atoms with Gasteiger partial charge in [-0.2, -0.15) is 0 Å². The molecule has 1 saturated heterocycles. The minimum absolute atomic E-state index is 0.721. The molecule has 2 aliphatic rings. The molecule has 4 heteroatoms. The average Bonchev–Trinajstić information content (AvgIpc) is 3.17. The molecular weight excluding hydrogens is 435 g/mol. The van der Waals surface area contributed by atoms with E-state index in [0.717, 1.165) is 17.5 Å². The van der Waals surface area contributed by atoms with Crippen molar-refractivity contribution in [2.45, 2.75) is 5.60 Å². The summed E-state index contributed by atoms with van der Waals surface area (Å²) in [6, 6.07) is 40.5. The number of aromatic nitrogens is 2. The maximum atomic E-state index is 7.68. The van der Waals surface area contributed by atoms with E-state index in [9.17, 15) is 0 Å². The van der Waals surface area contributed by atoms with Gasteiger partial charge in [-0.1, -0.05) is 0 Å². The van der Waals surface area contributed by atoms with Gasteiger partial charge in [0.15, 0.2) is 0 Å². The van der Waals surface area contributed by atoms with Gasteiger partial charge < -0.3 is 0 Å². The molecule has 5 aromatic rings. The quantitative estimate of drug-likeness (QED) is 0.350. The Morgan fingerprint density at radius 2 is 1.03 bits per heavy atom. The number of hydrogen-bond donors (Lipinski definition) is 0. The van der Waals surface area contributed by atoms with Crippen LogP contribution in [0.15, 0.2) is 128 Å². The zero-order chi connectivity index (χ0) is 22.7. The van der Waals surface area contributed by atoms with Gasteiger partial charge in [-0.05, 0) is 0 Å². The molecule has 1 fully saturated rings.